The van der Waals surface area contributed by atoms with Crippen molar-refractivity contribution < 1.29 is 19.1 Å². The van der Waals surface area contributed by atoms with Gasteiger partial charge in [-0.15, -0.1) is 0 Å². The van der Waals surface area contributed by atoms with Crippen molar-refractivity contribution in [3.63, 3.8) is 0 Å². The number of esters is 2. The van der Waals surface area contributed by atoms with E-state index in [9.17, 15) is 9.59 Å². The van der Waals surface area contributed by atoms with E-state index in [2.05, 4.69) is 23.5 Å². The Morgan fingerprint density at radius 3 is 2.43 bits per heavy atom. The van der Waals surface area contributed by atoms with Crippen LogP contribution in [0.15, 0.2) is 78.9 Å². The second-order valence-electron chi connectivity index (χ2n) is 8.60. The molecule has 0 saturated carbocycles. The average molecular weight is 465 g/mol. The maximum absolute atomic E-state index is 13.2. The van der Waals surface area contributed by atoms with Crippen LogP contribution in [0, 0.1) is 17.2 Å². The van der Waals surface area contributed by atoms with Gasteiger partial charge >= 0.3 is 11.9 Å². The third-order valence-electron chi connectivity index (χ3n) is 6.57. The molecule has 3 atom stereocenters. The van der Waals surface area contributed by atoms with E-state index in [1.165, 1.54) is 0 Å². The number of ether oxygens (including phenoxy) is 2. The third-order valence-corrected chi connectivity index (χ3v) is 6.57. The highest BCUT2D eigenvalue weighted by Crippen LogP contribution is 2.46. The molecule has 0 bridgehead atoms. The highest BCUT2D eigenvalue weighted by Gasteiger charge is 2.42. The summed E-state index contributed by atoms with van der Waals surface area (Å²) in [4.78, 5) is 25.8. The summed E-state index contributed by atoms with van der Waals surface area (Å²) >= 11 is 0. The minimum absolute atomic E-state index is 0.0418. The third kappa shape index (κ3) is 4.29. The number of carbonyl (C=O) groups is 2. The van der Waals surface area contributed by atoms with Crippen molar-refractivity contribution in [3.8, 4) is 22.9 Å². The van der Waals surface area contributed by atoms with E-state index in [1.54, 1.807) is 37.3 Å². The zero-order valence-electron chi connectivity index (χ0n) is 19.2. The number of rotatable bonds is 5. The first kappa shape index (κ1) is 22.4. The normalized spacial score (nSPS) is 19.6. The van der Waals surface area contributed by atoms with Gasteiger partial charge in [0.15, 0.2) is 0 Å². The number of hydrogen-bond acceptors (Lipinski definition) is 6. The quantitative estimate of drug-likeness (QED) is 0.306. The molecule has 0 amide bonds. The van der Waals surface area contributed by atoms with Gasteiger partial charge in [-0.25, -0.2) is 9.59 Å². The highest BCUT2D eigenvalue weighted by molar-refractivity contribution is 5.99. The second kappa shape index (κ2) is 9.47. The number of nitrogens with one attached hydrogen (secondary N) is 1. The lowest BCUT2D eigenvalue weighted by atomic mass is 9.78. The monoisotopic (exact) mass is 464 g/mol. The van der Waals surface area contributed by atoms with E-state index in [-0.39, 0.29) is 17.8 Å². The largest absolute Gasteiger partial charge is 0.464 e. The van der Waals surface area contributed by atoms with Crippen LogP contribution in [-0.4, -0.2) is 24.6 Å². The Morgan fingerprint density at radius 1 is 1.03 bits per heavy atom. The van der Waals surface area contributed by atoms with Crippen molar-refractivity contribution in [1.29, 1.82) is 5.26 Å². The Kier molecular flexibility index (Phi) is 6.07. The van der Waals surface area contributed by atoms with Gasteiger partial charge in [-0.2, -0.15) is 5.26 Å². The molecule has 1 aliphatic carbocycles. The summed E-state index contributed by atoms with van der Waals surface area (Å²) in [6, 6.07) is 21.6. The van der Waals surface area contributed by atoms with Crippen LogP contribution in [-0.2, 0) is 9.53 Å². The molecule has 174 valence electrons. The Labute approximate surface area is 203 Å². The Balaban J connectivity index is 1.38. The summed E-state index contributed by atoms with van der Waals surface area (Å²) in [5, 5.41) is 12.3. The molecule has 5 rings (SSSR count). The van der Waals surface area contributed by atoms with Crippen LogP contribution in [0.3, 0.4) is 0 Å². The fourth-order valence-electron chi connectivity index (χ4n) is 4.87. The molecule has 3 unspecified atom stereocenters. The van der Waals surface area contributed by atoms with Crippen LogP contribution in [0.2, 0.25) is 0 Å². The molecular weight excluding hydrogens is 440 g/mol. The zero-order valence-corrected chi connectivity index (χ0v) is 19.2. The summed E-state index contributed by atoms with van der Waals surface area (Å²) in [7, 11) is 0. The van der Waals surface area contributed by atoms with E-state index in [1.807, 2.05) is 36.4 Å². The van der Waals surface area contributed by atoms with Crippen molar-refractivity contribution in [2.75, 3.05) is 11.9 Å². The van der Waals surface area contributed by atoms with Gasteiger partial charge in [-0.3, -0.25) is 0 Å². The van der Waals surface area contributed by atoms with Gasteiger partial charge < -0.3 is 14.8 Å². The lowest BCUT2D eigenvalue weighted by Gasteiger charge is -2.36. The Bertz CT molecular complexity index is 1340. The van der Waals surface area contributed by atoms with E-state index >= 15 is 0 Å². The minimum Gasteiger partial charge on any atom is -0.464 e. The molecule has 3 aromatic carbocycles. The number of carbonyl (C=O) groups excluding carboxylic acids is 2. The molecule has 0 radical (unpaired) electrons. The highest BCUT2D eigenvalue weighted by atomic mass is 16.5. The molecule has 2 aliphatic rings. The molecule has 0 fully saturated rings. The number of nitriles is 1. The van der Waals surface area contributed by atoms with Crippen molar-refractivity contribution >= 4 is 17.6 Å². The zero-order chi connectivity index (χ0) is 24.4. The standard InChI is InChI=1S/C29H24N2O4/c1-2-34-29(33)27-24-7-3-5-22(24)23-6-4-8-25(26(23)31-27)28(32)35-21-15-13-20(14-16-21)19-11-9-18(17-30)10-12-19/h3-6,8-16,22,24,27,31H,2,7H2,1H3. The molecule has 0 spiro atoms. The number of para-hydroxylation sites is 1. The summed E-state index contributed by atoms with van der Waals surface area (Å²) in [6.45, 7) is 2.09. The molecule has 1 N–H and O–H groups in total. The van der Waals surface area contributed by atoms with Crippen molar-refractivity contribution in [1.82, 2.24) is 0 Å². The van der Waals surface area contributed by atoms with Crippen LogP contribution in [0.25, 0.3) is 11.1 Å². The summed E-state index contributed by atoms with van der Waals surface area (Å²) in [5.41, 5.74) is 4.50. The van der Waals surface area contributed by atoms with Gasteiger partial charge in [0.2, 0.25) is 0 Å². The van der Waals surface area contributed by atoms with Crippen LogP contribution in [0.5, 0.6) is 5.75 Å². The summed E-state index contributed by atoms with van der Waals surface area (Å²) < 4.78 is 11.0. The number of benzene rings is 3. The van der Waals surface area contributed by atoms with Crippen LogP contribution >= 0.6 is 0 Å². The number of hydrogen-bond donors (Lipinski definition) is 1. The van der Waals surface area contributed by atoms with Gasteiger partial charge in [0.05, 0.1) is 29.5 Å². The maximum atomic E-state index is 13.2. The molecule has 35 heavy (non-hydrogen) atoms. The predicted octanol–water partition coefficient (Wildman–Crippen LogP) is 5.46. The van der Waals surface area contributed by atoms with E-state index in [4.69, 9.17) is 14.7 Å². The lowest BCUT2D eigenvalue weighted by Crippen LogP contribution is -2.43. The number of anilines is 1. The lowest BCUT2D eigenvalue weighted by molar-refractivity contribution is -0.145. The minimum atomic E-state index is -0.525. The summed E-state index contributed by atoms with van der Waals surface area (Å²) in [6.07, 6.45) is 4.97. The molecule has 0 aromatic heterocycles. The molecule has 1 aliphatic heterocycles. The molecule has 6 nitrogen and oxygen atoms in total. The van der Waals surface area contributed by atoms with E-state index < -0.39 is 12.0 Å². The average Bonchev–Trinajstić information content (AvgIpc) is 3.39. The van der Waals surface area contributed by atoms with E-state index in [0.717, 1.165) is 23.1 Å². The van der Waals surface area contributed by atoms with Crippen LogP contribution in [0.1, 0.15) is 40.7 Å². The van der Waals surface area contributed by atoms with Gasteiger partial charge in [-0.1, -0.05) is 48.6 Å². The maximum Gasteiger partial charge on any atom is 0.345 e. The first-order valence-corrected chi connectivity index (χ1v) is 11.6. The summed E-state index contributed by atoms with van der Waals surface area (Å²) in [5.74, 6) is -0.286. The Hall–Kier alpha value is -4.37. The van der Waals surface area contributed by atoms with Gasteiger partial charge in [0.1, 0.15) is 11.8 Å². The van der Waals surface area contributed by atoms with Crippen LogP contribution < -0.4 is 10.1 Å². The van der Waals surface area contributed by atoms with Crippen molar-refractivity contribution in [3.05, 3.63) is 95.6 Å². The molecule has 6 heteroatoms. The van der Waals surface area contributed by atoms with Gasteiger partial charge in [-0.05, 0) is 60.4 Å². The number of nitrogens with zero attached hydrogens (tertiary/aromatic N) is 1. The molecule has 3 aromatic rings. The van der Waals surface area contributed by atoms with E-state index in [0.29, 0.717) is 29.2 Å². The smallest absolute Gasteiger partial charge is 0.345 e. The topological polar surface area (TPSA) is 88.4 Å². The second-order valence-corrected chi connectivity index (χ2v) is 8.60. The number of allylic oxidation sites excluding steroid dienone is 2. The van der Waals surface area contributed by atoms with Gasteiger partial charge in [0, 0.05) is 11.8 Å². The fourth-order valence-corrected chi connectivity index (χ4v) is 4.87. The molecule has 1 heterocycles. The first-order valence-electron chi connectivity index (χ1n) is 11.6. The molecular formula is C29H24N2O4. The number of fused-ring (bicyclic) bond motifs is 3. The van der Waals surface area contributed by atoms with Crippen molar-refractivity contribution in [2.24, 2.45) is 5.92 Å². The van der Waals surface area contributed by atoms with Crippen LogP contribution in [0.4, 0.5) is 5.69 Å². The predicted molar refractivity (Wildman–Crippen MR) is 132 cm³/mol. The fraction of sp³-hybridized carbons (Fsp3) is 0.207. The van der Waals surface area contributed by atoms with Crippen molar-refractivity contribution in [2.45, 2.75) is 25.3 Å². The first-order chi connectivity index (χ1) is 17.1. The Morgan fingerprint density at radius 2 is 1.74 bits per heavy atom. The van der Waals surface area contributed by atoms with Gasteiger partial charge in [0.25, 0.3) is 0 Å². The SMILES string of the molecule is CCOC(=O)C1Nc2c(C(=O)Oc3ccc(-c4ccc(C#N)cc4)cc3)cccc2C2C=CCC12. The molecule has 0 saturated heterocycles.